The first-order valence-electron chi connectivity index (χ1n) is 23.9. The molecule has 0 radical (unpaired) electrons. The van der Waals surface area contributed by atoms with E-state index in [9.17, 15) is 0 Å². The lowest BCUT2D eigenvalue weighted by molar-refractivity contribution is 0.669. The Labute approximate surface area is 419 Å². The van der Waals surface area contributed by atoms with E-state index < -0.39 is 0 Å². The maximum atomic E-state index is 6.64. The zero-order chi connectivity index (χ0) is 48.3. The number of benzene rings is 9. The maximum Gasteiger partial charge on any atom is 0.135 e. The molecule has 0 bridgehead atoms. The lowest BCUT2D eigenvalue weighted by Gasteiger charge is -2.30. The number of allylic oxidation sites excluding steroid dienone is 6. The number of para-hydroxylation sites is 3. The molecule has 4 nitrogen and oxygen atoms in total. The van der Waals surface area contributed by atoms with Crippen LogP contribution >= 0.6 is 11.3 Å². The molecule has 0 spiro atoms. The van der Waals surface area contributed by atoms with Gasteiger partial charge in [0, 0.05) is 82.0 Å². The summed E-state index contributed by atoms with van der Waals surface area (Å²) < 4.78 is 9.12. The Morgan fingerprint density at radius 3 is 1.37 bits per heavy atom. The smallest absolute Gasteiger partial charge is 0.135 e. The molecule has 0 saturated heterocycles. The fraction of sp³-hybridized carbons (Fsp3) is 0.0303. The molecule has 11 aromatic rings. The highest BCUT2D eigenvalue weighted by molar-refractivity contribution is 7.25. The SMILES string of the molecule is C=C\C=C(C(/C=C\C)=C(\C)C=C)\N(c1ccc(-c2ccccc2)cc1)c1ccc2oc3ccc(N(c4ccccc4)c4ccc5sc6ccc(N(c7ccccc7)c7ccccc7)cc6c5c4)cc3c2c1. The van der Waals surface area contributed by atoms with Crippen LogP contribution in [0.3, 0.4) is 0 Å². The van der Waals surface area contributed by atoms with Gasteiger partial charge < -0.3 is 19.1 Å². The van der Waals surface area contributed by atoms with Crippen molar-refractivity contribution in [2.45, 2.75) is 13.8 Å². The minimum absolute atomic E-state index is 0.814. The number of thiophene rings is 1. The molecule has 0 N–H and O–H groups in total. The molecule has 71 heavy (non-hydrogen) atoms. The lowest BCUT2D eigenvalue weighted by atomic mass is 10.0. The summed E-state index contributed by atoms with van der Waals surface area (Å²) in [5.74, 6) is 0. The lowest BCUT2D eigenvalue weighted by Crippen LogP contribution is -2.18. The van der Waals surface area contributed by atoms with Gasteiger partial charge in [0.05, 0.1) is 5.70 Å². The van der Waals surface area contributed by atoms with E-state index in [1.807, 2.05) is 36.5 Å². The second kappa shape index (κ2) is 19.6. The van der Waals surface area contributed by atoms with Crippen molar-refractivity contribution in [2.75, 3.05) is 14.7 Å². The molecule has 5 heteroatoms. The van der Waals surface area contributed by atoms with Gasteiger partial charge in [-0.3, -0.25) is 0 Å². The fourth-order valence-corrected chi connectivity index (χ4v) is 10.7. The van der Waals surface area contributed by atoms with Crippen LogP contribution in [-0.2, 0) is 0 Å². The van der Waals surface area contributed by atoms with Crippen molar-refractivity contribution in [3.63, 3.8) is 0 Å². The Kier molecular flexibility index (Phi) is 12.3. The predicted molar refractivity (Wildman–Crippen MR) is 306 cm³/mol. The van der Waals surface area contributed by atoms with E-state index in [1.165, 1.54) is 25.7 Å². The average Bonchev–Trinajstić information content (AvgIpc) is 3.98. The second-order valence-corrected chi connectivity index (χ2v) is 18.5. The van der Waals surface area contributed by atoms with Gasteiger partial charge in [0.1, 0.15) is 11.2 Å². The number of fused-ring (bicyclic) bond motifs is 6. The monoisotopic (exact) mass is 933 g/mol. The zero-order valence-electron chi connectivity index (χ0n) is 39.7. The van der Waals surface area contributed by atoms with E-state index in [0.29, 0.717) is 0 Å². The van der Waals surface area contributed by atoms with E-state index in [2.05, 4.69) is 265 Å². The van der Waals surface area contributed by atoms with Crippen molar-refractivity contribution in [3.05, 3.63) is 279 Å². The highest BCUT2D eigenvalue weighted by atomic mass is 32.1. The first-order valence-corrected chi connectivity index (χ1v) is 24.7. The summed E-state index contributed by atoms with van der Waals surface area (Å²) >= 11 is 1.83. The van der Waals surface area contributed by atoms with Gasteiger partial charge in [-0.15, -0.1) is 11.3 Å². The highest BCUT2D eigenvalue weighted by Crippen LogP contribution is 2.46. The van der Waals surface area contributed by atoms with Crippen molar-refractivity contribution >= 4 is 98.9 Å². The molecule has 11 rings (SSSR count). The quantitative estimate of drug-likeness (QED) is 0.101. The average molecular weight is 934 g/mol. The topological polar surface area (TPSA) is 22.9 Å². The van der Waals surface area contributed by atoms with E-state index in [1.54, 1.807) is 0 Å². The summed E-state index contributed by atoms with van der Waals surface area (Å²) in [6.45, 7) is 12.5. The van der Waals surface area contributed by atoms with E-state index in [-0.39, 0.29) is 0 Å². The molecule has 2 heterocycles. The third-order valence-corrected chi connectivity index (χ3v) is 14.2. The van der Waals surface area contributed by atoms with Crippen molar-refractivity contribution in [2.24, 2.45) is 0 Å². The fourth-order valence-electron chi connectivity index (χ4n) is 9.64. The molecule has 0 amide bonds. The maximum absolute atomic E-state index is 6.64. The molecule has 0 aliphatic carbocycles. The first-order chi connectivity index (χ1) is 35.0. The van der Waals surface area contributed by atoms with Crippen LogP contribution in [0.1, 0.15) is 13.8 Å². The normalized spacial score (nSPS) is 12.2. The van der Waals surface area contributed by atoms with Gasteiger partial charge in [0.2, 0.25) is 0 Å². The molecule has 0 saturated carbocycles. The Bertz CT molecular complexity index is 3770. The molecule has 2 aromatic heterocycles. The second-order valence-electron chi connectivity index (χ2n) is 17.4. The third-order valence-electron chi connectivity index (χ3n) is 13.0. The van der Waals surface area contributed by atoms with Crippen molar-refractivity contribution in [3.8, 4) is 11.1 Å². The predicted octanol–water partition coefficient (Wildman–Crippen LogP) is 19.8. The number of hydrogen-bond donors (Lipinski definition) is 0. The molecule has 9 aromatic carbocycles. The highest BCUT2D eigenvalue weighted by Gasteiger charge is 2.22. The van der Waals surface area contributed by atoms with Gasteiger partial charge in [-0.05, 0) is 158 Å². The van der Waals surface area contributed by atoms with Crippen LogP contribution in [0, 0.1) is 0 Å². The van der Waals surface area contributed by atoms with Crippen LogP contribution in [0.5, 0.6) is 0 Å². The summed E-state index contributed by atoms with van der Waals surface area (Å²) in [7, 11) is 0. The Morgan fingerprint density at radius 2 is 0.873 bits per heavy atom. The van der Waals surface area contributed by atoms with Gasteiger partial charge >= 0.3 is 0 Å². The molecule has 0 atom stereocenters. The standard InChI is InChI=1S/C66H51N3OS/c1-5-20-57(46(4)7-3)62(21-6-2)69(52-32-30-48(31-33-52)47-22-12-8-13-23-47)56-35-39-64-59(43-56)58-42-53(34-38-63(58)70-64)68(51-28-18-11-19-29-51)55-37-41-66-61(45-55)60-44-54(36-40-65(60)71-66)67(49-24-14-9-15-25-49)50-26-16-10-17-27-50/h5-45H,2-3H2,1,4H3/b20-5-,57-46+,62-21+. The Morgan fingerprint density at radius 1 is 0.451 bits per heavy atom. The number of furan rings is 1. The van der Waals surface area contributed by atoms with E-state index in [4.69, 9.17) is 4.42 Å². The molecule has 0 aliphatic heterocycles. The molecule has 0 unspecified atom stereocenters. The van der Waals surface area contributed by atoms with Crippen LogP contribution in [0.25, 0.3) is 53.2 Å². The summed E-state index contributed by atoms with van der Waals surface area (Å²) in [4.78, 5) is 6.99. The van der Waals surface area contributed by atoms with E-state index in [0.717, 1.165) is 89.8 Å². The Hall–Kier alpha value is -8.90. The van der Waals surface area contributed by atoms with Gasteiger partial charge in [-0.25, -0.2) is 0 Å². The number of nitrogens with zero attached hydrogens (tertiary/aromatic N) is 3. The van der Waals surface area contributed by atoms with Gasteiger partial charge in [-0.1, -0.05) is 135 Å². The van der Waals surface area contributed by atoms with Gasteiger partial charge in [0.25, 0.3) is 0 Å². The first kappa shape index (κ1) is 44.6. The number of anilines is 8. The summed E-state index contributed by atoms with van der Waals surface area (Å²) in [5.41, 5.74) is 15.5. The van der Waals surface area contributed by atoms with Crippen molar-refractivity contribution in [1.29, 1.82) is 0 Å². The van der Waals surface area contributed by atoms with Gasteiger partial charge in [0.15, 0.2) is 0 Å². The van der Waals surface area contributed by atoms with Crippen molar-refractivity contribution < 1.29 is 4.42 Å². The number of hydrogen-bond acceptors (Lipinski definition) is 5. The largest absolute Gasteiger partial charge is 0.456 e. The molecule has 0 aliphatic rings. The Balaban J connectivity index is 1.05. The van der Waals surface area contributed by atoms with E-state index >= 15 is 0 Å². The minimum Gasteiger partial charge on any atom is -0.456 e. The zero-order valence-corrected chi connectivity index (χ0v) is 40.6. The third kappa shape index (κ3) is 8.65. The van der Waals surface area contributed by atoms with Crippen molar-refractivity contribution in [1.82, 2.24) is 0 Å². The van der Waals surface area contributed by atoms with Crippen LogP contribution in [-0.4, -0.2) is 0 Å². The van der Waals surface area contributed by atoms with Gasteiger partial charge in [-0.2, -0.15) is 0 Å². The van der Waals surface area contributed by atoms with Crippen LogP contribution in [0.15, 0.2) is 283 Å². The summed E-state index contributed by atoms with van der Waals surface area (Å²) in [6.07, 6.45) is 10.1. The number of rotatable bonds is 14. The molecular formula is C66H51N3OS. The molecule has 0 fully saturated rings. The summed E-state index contributed by atoms with van der Waals surface area (Å²) in [5, 5.41) is 4.47. The van der Waals surface area contributed by atoms with Crippen LogP contribution in [0.4, 0.5) is 45.5 Å². The molecule has 342 valence electrons. The minimum atomic E-state index is 0.814. The summed E-state index contributed by atoms with van der Waals surface area (Å²) in [6, 6.07) is 77.9. The van der Waals surface area contributed by atoms with Crippen LogP contribution < -0.4 is 14.7 Å². The molecular weight excluding hydrogens is 883 g/mol. The van der Waals surface area contributed by atoms with Crippen LogP contribution in [0.2, 0.25) is 0 Å².